The number of halogens is 1. The van der Waals surface area contributed by atoms with E-state index in [0.717, 1.165) is 39.3 Å². The van der Waals surface area contributed by atoms with E-state index < -0.39 is 9.84 Å². The number of sulfone groups is 1. The molecule has 0 bridgehead atoms. The number of hydrogen-bond donors (Lipinski definition) is 1. The van der Waals surface area contributed by atoms with Crippen LogP contribution in [0, 0.1) is 0 Å². The van der Waals surface area contributed by atoms with E-state index in [1.807, 2.05) is 6.92 Å². The molecule has 8 nitrogen and oxygen atoms in total. The lowest BCUT2D eigenvalue weighted by atomic mass is 10.2. The van der Waals surface area contributed by atoms with Gasteiger partial charge in [0.15, 0.2) is 0 Å². The van der Waals surface area contributed by atoms with Crippen LogP contribution in [-0.4, -0.2) is 64.3 Å². The molecule has 0 aliphatic carbocycles. The standard InChI is InChI=1S/C24H28ClN3O5S/c1-2-32-20-8-4-18(5-9-20)22-27-24(34(29,30)21-10-6-19(25)7-11-21)23(33-22)26-12-3-13-28-14-16-31-17-15-28/h4-11,26H,2-3,12-17H2,1H3. The molecule has 2 aromatic carbocycles. The Kier molecular flexibility index (Phi) is 8.10. The maximum Gasteiger partial charge on any atom is 0.233 e. The fourth-order valence-electron chi connectivity index (χ4n) is 3.64. The summed E-state index contributed by atoms with van der Waals surface area (Å²) in [4.78, 5) is 6.80. The molecule has 0 saturated carbocycles. The van der Waals surface area contributed by atoms with E-state index in [9.17, 15) is 8.42 Å². The smallest absolute Gasteiger partial charge is 0.233 e. The number of morpholine rings is 1. The van der Waals surface area contributed by atoms with Crippen LogP contribution in [0.2, 0.25) is 5.02 Å². The summed E-state index contributed by atoms with van der Waals surface area (Å²) in [6, 6.07) is 13.2. The van der Waals surface area contributed by atoms with E-state index >= 15 is 0 Å². The van der Waals surface area contributed by atoms with Crippen LogP contribution in [0.15, 0.2) is 62.9 Å². The van der Waals surface area contributed by atoms with Gasteiger partial charge in [0.2, 0.25) is 26.6 Å². The molecule has 10 heteroatoms. The number of aromatic nitrogens is 1. The van der Waals surface area contributed by atoms with Crippen molar-refractivity contribution in [3.8, 4) is 17.2 Å². The van der Waals surface area contributed by atoms with Crippen molar-refractivity contribution in [3.05, 3.63) is 53.6 Å². The zero-order chi connectivity index (χ0) is 24.0. The van der Waals surface area contributed by atoms with Gasteiger partial charge in [-0.2, -0.15) is 4.98 Å². The maximum absolute atomic E-state index is 13.4. The van der Waals surface area contributed by atoms with Gasteiger partial charge in [-0.05, 0) is 68.4 Å². The van der Waals surface area contributed by atoms with E-state index in [1.165, 1.54) is 24.3 Å². The highest BCUT2D eigenvalue weighted by Gasteiger charge is 2.28. The highest BCUT2D eigenvalue weighted by Crippen LogP contribution is 2.33. The molecule has 0 atom stereocenters. The predicted octanol–water partition coefficient (Wildman–Crippen LogP) is 4.36. The Morgan fingerprint density at radius 2 is 1.79 bits per heavy atom. The van der Waals surface area contributed by atoms with E-state index in [4.69, 9.17) is 25.5 Å². The van der Waals surface area contributed by atoms with Crippen LogP contribution >= 0.6 is 11.6 Å². The van der Waals surface area contributed by atoms with E-state index in [2.05, 4.69) is 15.2 Å². The minimum absolute atomic E-state index is 0.0970. The number of anilines is 1. The van der Waals surface area contributed by atoms with Gasteiger partial charge >= 0.3 is 0 Å². The minimum Gasteiger partial charge on any atom is -0.494 e. The van der Waals surface area contributed by atoms with Crippen LogP contribution in [0.4, 0.5) is 5.88 Å². The first-order chi connectivity index (χ1) is 16.5. The van der Waals surface area contributed by atoms with Gasteiger partial charge < -0.3 is 19.2 Å². The van der Waals surface area contributed by atoms with Crippen molar-refractivity contribution in [3.63, 3.8) is 0 Å². The number of ether oxygens (including phenoxy) is 2. The van der Waals surface area contributed by atoms with Crippen LogP contribution in [0.1, 0.15) is 13.3 Å². The minimum atomic E-state index is -3.93. The number of nitrogens with zero attached hydrogens (tertiary/aromatic N) is 2. The molecule has 2 heterocycles. The largest absolute Gasteiger partial charge is 0.494 e. The van der Waals surface area contributed by atoms with Crippen molar-refractivity contribution in [1.82, 2.24) is 9.88 Å². The number of benzene rings is 2. The molecule has 0 radical (unpaired) electrons. The fourth-order valence-corrected chi connectivity index (χ4v) is 5.04. The molecule has 1 aliphatic rings. The second kappa shape index (κ2) is 11.2. The lowest BCUT2D eigenvalue weighted by Crippen LogP contribution is -2.37. The van der Waals surface area contributed by atoms with E-state index in [1.54, 1.807) is 24.3 Å². The summed E-state index contributed by atoms with van der Waals surface area (Å²) in [5, 5.41) is 3.45. The summed E-state index contributed by atoms with van der Waals surface area (Å²) < 4.78 is 43.5. The SMILES string of the molecule is CCOc1ccc(-c2nc(S(=O)(=O)c3ccc(Cl)cc3)c(NCCCN3CCOCC3)o2)cc1. The molecule has 1 N–H and O–H groups in total. The normalized spacial score (nSPS) is 14.8. The molecule has 1 saturated heterocycles. The second-order valence-corrected chi connectivity index (χ2v) is 10.1. The lowest BCUT2D eigenvalue weighted by molar-refractivity contribution is 0.0378. The number of hydrogen-bond acceptors (Lipinski definition) is 8. The van der Waals surface area contributed by atoms with Gasteiger partial charge in [0.05, 0.1) is 24.7 Å². The number of oxazole rings is 1. The van der Waals surface area contributed by atoms with Gasteiger partial charge in [0.1, 0.15) is 5.75 Å². The molecule has 3 aromatic rings. The van der Waals surface area contributed by atoms with Gasteiger partial charge in [-0.15, -0.1) is 0 Å². The predicted molar refractivity (Wildman–Crippen MR) is 130 cm³/mol. The molecule has 4 rings (SSSR count). The summed E-state index contributed by atoms with van der Waals surface area (Å²) in [7, 11) is -3.93. The third kappa shape index (κ3) is 5.90. The zero-order valence-corrected chi connectivity index (χ0v) is 20.6. The molecule has 1 fully saturated rings. The van der Waals surface area contributed by atoms with Crippen molar-refractivity contribution in [2.75, 3.05) is 51.3 Å². The Hall–Kier alpha value is -2.59. The molecule has 182 valence electrons. The van der Waals surface area contributed by atoms with Crippen molar-refractivity contribution in [2.45, 2.75) is 23.3 Å². The molecule has 34 heavy (non-hydrogen) atoms. The van der Waals surface area contributed by atoms with Crippen LogP contribution < -0.4 is 10.1 Å². The molecule has 1 aliphatic heterocycles. The second-order valence-electron chi connectivity index (χ2n) is 7.80. The Balaban J connectivity index is 1.57. The van der Waals surface area contributed by atoms with Crippen molar-refractivity contribution in [2.24, 2.45) is 0 Å². The van der Waals surface area contributed by atoms with Crippen molar-refractivity contribution < 1.29 is 22.3 Å². The molecule has 0 amide bonds. The number of nitrogens with one attached hydrogen (secondary N) is 1. The Bertz CT molecular complexity index is 1170. The summed E-state index contributed by atoms with van der Waals surface area (Å²) in [5.41, 5.74) is 0.650. The number of rotatable bonds is 10. The van der Waals surface area contributed by atoms with Crippen molar-refractivity contribution in [1.29, 1.82) is 0 Å². The van der Waals surface area contributed by atoms with Crippen molar-refractivity contribution >= 4 is 27.3 Å². The van der Waals surface area contributed by atoms with Crippen LogP contribution in [-0.2, 0) is 14.6 Å². The van der Waals surface area contributed by atoms with Gasteiger partial charge in [-0.25, -0.2) is 8.42 Å². The Labute approximate surface area is 204 Å². The first-order valence-electron chi connectivity index (χ1n) is 11.3. The van der Waals surface area contributed by atoms with E-state index in [-0.39, 0.29) is 21.7 Å². The third-order valence-corrected chi connectivity index (χ3v) is 7.36. The first kappa shape index (κ1) is 24.5. The highest BCUT2D eigenvalue weighted by molar-refractivity contribution is 7.91. The average molecular weight is 506 g/mol. The van der Waals surface area contributed by atoms with Crippen LogP contribution in [0.25, 0.3) is 11.5 Å². The molecule has 0 unspecified atom stereocenters. The average Bonchev–Trinajstić information content (AvgIpc) is 3.29. The zero-order valence-electron chi connectivity index (χ0n) is 19.0. The topological polar surface area (TPSA) is 93.9 Å². The Morgan fingerprint density at radius 3 is 2.47 bits per heavy atom. The van der Waals surface area contributed by atoms with Gasteiger partial charge in [0.25, 0.3) is 0 Å². The summed E-state index contributed by atoms with van der Waals surface area (Å²) >= 11 is 5.94. The molecule has 0 spiro atoms. The summed E-state index contributed by atoms with van der Waals surface area (Å²) in [6.07, 6.45) is 0.819. The van der Waals surface area contributed by atoms with Gasteiger partial charge in [0, 0.05) is 30.2 Å². The van der Waals surface area contributed by atoms with Crippen LogP contribution in [0.3, 0.4) is 0 Å². The quantitative estimate of drug-likeness (QED) is 0.406. The van der Waals surface area contributed by atoms with Crippen LogP contribution in [0.5, 0.6) is 5.75 Å². The molecule has 1 aromatic heterocycles. The maximum atomic E-state index is 13.4. The fraction of sp³-hybridized carbons (Fsp3) is 0.375. The monoisotopic (exact) mass is 505 g/mol. The Morgan fingerprint density at radius 1 is 1.09 bits per heavy atom. The highest BCUT2D eigenvalue weighted by atomic mass is 35.5. The van der Waals surface area contributed by atoms with E-state index in [0.29, 0.717) is 29.5 Å². The summed E-state index contributed by atoms with van der Waals surface area (Å²) in [5.74, 6) is 1.06. The van der Waals surface area contributed by atoms with Gasteiger partial charge in [-0.1, -0.05) is 11.6 Å². The lowest BCUT2D eigenvalue weighted by Gasteiger charge is -2.26. The third-order valence-electron chi connectivity index (χ3n) is 5.43. The first-order valence-corrected chi connectivity index (χ1v) is 13.1. The van der Waals surface area contributed by atoms with Gasteiger partial charge in [-0.3, -0.25) is 4.90 Å². The molecular weight excluding hydrogens is 478 g/mol. The molecular formula is C24H28ClN3O5S. The summed E-state index contributed by atoms with van der Waals surface area (Å²) in [6.45, 7) is 7.18.